The Labute approximate surface area is 114 Å². The first-order chi connectivity index (χ1) is 9.22. The number of anilines is 1. The SMILES string of the molecule is Nc1ccc(SCc2nc3ccccc3[nH]2)c(F)c1. The second-order valence-electron chi connectivity index (χ2n) is 4.18. The topological polar surface area (TPSA) is 54.7 Å². The lowest BCUT2D eigenvalue weighted by Crippen LogP contribution is -1.89. The Morgan fingerprint density at radius 3 is 2.84 bits per heavy atom. The fourth-order valence-corrected chi connectivity index (χ4v) is 2.64. The summed E-state index contributed by atoms with van der Waals surface area (Å²) in [5, 5.41) is 0. The van der Waals surface area contributed by atoms with Crippen LogP contribution < -0.4 is 5.73 Å². The predicted octanol–water partition coefficient (Wildman–Crippen LogP) is 3.58. The van der Waals surface area contributed by atoms with Crippen LogP contribution >= 0.6 is 11.8 Å². The standard InChI is InChI=1S/C14H12FN3S/c15-10-7-9(16)5-6-13(10)19-8-14-17-11-3-1-2-4-12(11)18-14/h1-7H,8,16H2,(H,17,18). The fourth-order valence-electron chi connectivity index (χ4n) is 1.85. The summed E-state index contributed by atoms with van der Waals surface area (Å²) < 4.78 is 13.6. The highest BCUT2D eigenvalue weighted by atomic mass is 32.2. The number of hydrogen-bond acceptors (Lipinski definition) is 3. The maximum absolute atomic E-state index is 13.6. The number of halogens is 1. The molecule has 0 saturated carbocycles. The normalized spacial score (nSPS) is 11.0. The van der Waals surface area contributed by atoms with Crippen molar-refractivity contribution < 1.29 is 4.39 Å². The van der Waals surface area contributed by atoms with Gasteiger partial charge in [0.05, 0.1) is 16.8 Å². The van der Waals surface area contributed by atoms with Gasteiger partial charge in [-0.05, 0) is 30.3 Å². The van der Waals surface area contributed by atoms with Crippen molar-refractivity contribution in [1.29, 1.82) is 0 Å². The summed E-state index contributed by atoms with van der Waals surface area (Å²) in [5.41, 5.74) is 7.88. The van der Waals surface area contributed by atoms with E-state index in [2.05, 4.69) is 9.97 Å². The first kappa shape index (κ1) is 12.0. The number of H-pyrrole nitrogens is 1. The van der Waals surface area contributed by atoms with E-state index >= 15 is 0 Å². The average molecular weight is 273 g/mol. The molecule has 0 amide bonds. The average Bonchev–Trinajstić information content (AvgIpc) is 2.80. The van der Waals surface area contributed by atoms with Gasteiger partial charge < -0.3 is 10.7 Å². The number of imidazole rings is 1. The fraction of sp³-hybridized carbons (Fsp3) is 0.0714. The third-order valence-corrected chi connectivity index (χ3v) is 3.82. The van der Waals surface area contributed by atoms with E-state index in [9.17, 15) is 4.39 Å². The third-order valence-electron chi connectivity index (χ3n) is 2.76. The molecule has 2 aromatic carbocycles. The monoisotopic (exact) mass is 273 g/mol. The predicted molar refractivity (Wildman–Crippen MR) is 76.5 cm³/mol. The summed E-state index contributed by atoms with van der Waals surface area (Å²) in [6, 6.07) is 12.5. The van der Waals surface area contributed by atoms with Gasteiger partial charge in [0.15, 0.2) is 0 Å². The van der Waals surface area contributed by atoms with Crippen LogP contribution in [0.25, 0.3) is 11.0 Å². The lowest BCUT2D eigenvalue weighted by molar-refractivity contribution is 0.602. The number of rotatable bonds is 3. The maximum atomic E-state index is 13.6. The molecule has 0 aliphatic rings. The van der Waals surface area contributed by atoms with Crippen LogP contribution in [0.2, 0.25) is 0 Å². The summed E-state index contributed by atoms with van der Waals surface area (Å²) in [5.74, 6) is 1.14. The number of nitrogens with zero attached hydrogens (tertiary/aromatic N) is 1. The van der Waals surface area contributed by atoms with Gasteiger partial charge in [-0.15, -0.1) is 11.8 Å². The number of fused-ring (bicyclic) bond motifs is 1. The van der Waals surface area contributed by atoms with E-state index < -0.39 is 0 Å². The van der Waals surface area contributed by atoms with Gasteiger partial charge >= 0.3 is 0 Å². The Bertz CT molecular complexity index is 691. The Morgan fingerprint density at radius 1 is 1.21 bits per heavy atom. The summed E-state index contributed by atoms with van der Waals surface area (Å²) in [4.78, 5) is 8.25. The number of aromatic nitrogens is 2. The zero-order chi connectivity index (χ0) is 13.2. The second kappa shape index (κ2) is 4.93. The number of hydrogen-bond donors (Lipinski definition) is 2. The first-order valence-electron chi connectivity index (χ1n) is 5.84. The molecule has 0 aliphatic heterocycles. The molecule has 3 aromatic rings. The third kappa shape index (κ3) is 2.56. The number of aromatic amines is 1. The minimum atomic E-state index is -0.291. The van der Waals surface area contributed by atoms with Gasteiger partial charge in [-0.2, -0.15) is 0 Å². The highest BCUT2D eigenvalue weighted by molar-refractivity contribution is 7.98. The smallest absolute Gasteiger partial charge is 0.138 e. The van der Waals surface area contributed by atoms with Gasteiger partial charge in [0.25, 0.3) is 0 Å². The van der Waals surface area contributed by atoms with Gasteiger partial charge in [0.1, 0.15) is 11.6 Å². The lowest BCUT2D eigenvalue weighted by atomic mass is 10.3. The molecule has 3 N–H and O–H groups in total. The molecule has 0 fully saturated rings. The molecular weight excluding hydrogens is 261 g/mol. The highest BCUT2D eigenvalue weighted by Crippen LogP contribution is 2.26. The summed E-state index contributed by atoms with van der Waals surface area (Å²) in [7, 11) is 0. The van der Waals surface area contributed by atoms with E-state index in [4.69, 9.17) is 5.73 Å². The van der Waals surface area contributed by atoms with E-state index in [1.807, 2.05) is 24.3 Å². The summed E-state index contributed by atoms with van der Waals surface area (Å²) >= 11 is 1.40. The molecular formula is C14H12FN3S. The van der Waals surface area contributed by atoms with Crippen LogP contribution in [-0.2, 0) is 5.75 Å². The minimum Gasteiger partial charge on any atom is -0.399 e. The number of benzene rings is 2. The second-order valence-corrected chi connectivity index (χ2v) is 5.20. The Hall–Kier alpha value is -2.01. The molecule has 1 aromatic heterocycles. The molecule has 3 nitrogen and oxygen atoms in total. The van der Waals surface area contributed by atoms with Crippen LogP contribution in [0.15, 0.2) is 47.4 Å². The molecule has 0 radical (unpaired) electrons. The van der Waals surface area contributed by atoms with Crippen molar-refractivity contribution in [2.45, 2.75) is 10.6 Å². The maximum Gasteiger partial charge on any atom is 0.138 e. The van der Waals surface area contributed by atoms with Crippen LogP contribution in [0.5, 0.6) is 0 Å². The number of thioether (sulfide) groups is 1. The van der Waals surface area contributed by atoms with Crippen LogP contribution in [0, 0.1) is 5.82 Å². The molecule has 0 bridgehead atoms. The molecule has 0 spiro atoms. The van der Waals surface area contributed by atoms with Crippen molar-refractivity contribution in [3.8, 4) is 0 Å². The van der Waals surface area contributed by atoms with Crippen LogP contribution in [0.4, 0.5) is 10.1 Å². The van der Waals surface area contributed by atoms with Gasteiger partial charge in [-0.3, -0.25) is 0 Å². The van der Waals surface area contributed by atoms with E-state index in [0.717, 1.165) is 16.9 Å². The number of para-hydroxylation sites is 2. The first-order valence-corrected chi connectivity index (χ1v) is 6.82. The van der Waals surface area contributed by atoms with Crippen molar-refractivity contribution in [2.75, 3.05) is 5.73 Å². The molecule has 5 heteroatoms. The quantitative estimate of drug-likeness (QED) is 0.566. The Kier molecular flexibility index (Phi) is 3.13. The summed E-state index contributed by atoms with van der Waals surface area (Å²) in [6.07, 6.45) is 0. The molecule has 19 heavy (non-hydrogen) atoms. The van der Waals surface area contributed by atoms with Crippen LogP contribution in [0.3, 0.4) is 0 Å². The lowest BCUT2D eigenvalue weighted by Gasteiger charge is -2.02. The molecule has 0 unspecified atom stereocenters. The van der Waals surface area contributed by atoms with E-state index in [-0.39, 0.29) is 5.82 Å². The van der Waals surface area contributed by atoms with Crippen molar-refractivity contribution in [3.63, 3.8) is 0 Å². The van der Waals surface area contributed by atoms with Crippen molar-refractivity contribution in [3.05, 3.63) is 54.1 Å². The van der Waals surface area contributed by atoms with Gasteiger partial charge in [0.2, 0.25) is 0 Å². The Balaban J connectivity index is 1.78. The zero-order valence-corrected chi connectivity index (χ0v) is 10.9. The van der Waals surface area contributed by atoms with Crippen molar-refractivity contribution in [1.82, 2.24) is 9.97 Å². The van der Waals surface area contributed by atoms with Crippen molar-refractivity contribution >= 4 is 28.5 Å². The van der Waals surface area contributed by atoms with E-state index in [1.54, 1.807) is 12.1 Å². The molecule has 3 rings (SSSR count). The molecule has 96 valence electrons. The van der Waals surface area contributed by atoms with Gasteiger partial charge in [-0.1, -0.05) is 12.1 Å². The van der Waals surface area contributed by atoms with Crippen LogP contribution in [0.1, 0.15) is 5.82 Å². The van der Waals surface area contributed by atoms with Crippen LogP contribution in [-0.4, -0.2) is 9.97 Å². The largest absolute Gasteiger partial charge is 0.399 e. The minimum absolute atomic E-state index is 0.291. The summed E-state index contributed by atoms with van der Waals surface area (Å²) in [6.45, 7) is 0. The highest BCUT2D eigenvalue weighted by Gasteiger charge is 2.06. The molecule has 0 aliphatic carbocycles. The van der Waals surface area contributed by atoms with Gasteiger partial charge in [-0.25, -0.2) is 9.37 Å². The van der Waals surface area contributed by atoms with Crippen molar-refractivity contribution in [2.24, 2.45) is 0 Å². The molecule has 0 atom stereocenters. The number of nitrogens with two attached hydrogens (primary N) is 1. The van der Waals surface area contributed by atoms with E-state index in [1.165, 1.54) is 17.8 Å². The molecule has 0 saturated heterocycles. The zero-order valence-electron chi connectivity index (χ0n) is 10.1. The van der Waals surface area contributed by atoms with Gasteiger partial charge in [0, 0.05) is 10.6 Å². The van der Waals surface area contributed by atoms with E-state index in [0.29, 0.717) is 16.3 Å². The number of nitrogen functional groups attached to an aromatic ring is 1. The Morgan fingerprint density at radius 2 is 2.05 bits per heavy atom. The number of nitrogens with one attached hydrogen (secondary N) is 1. The molecule has 1 heterocycles.